The third kappa shape index (κ3) is 4.13. The summed E-state index contributed by atoms with van der Waals surface area (Å²) in [6.45, 7) is 2.15. The van der Waals surface area contributed by atoms with Gasteiger partial charge in [0.1, 0.15) is 0 Å². The number of carbonyl (C=O) groups excluding carboxylic acids is 1. The molecule has 5 nitrogen and oxygen atoms in total. The van der Waals surface area contributed by atoms with Gasteiger partial charge in [0.05, 0.1) is 0 Å². The number of hydrogen-bond acceptors (Lipinski definition) is 4. The van der Waals surface area contributed by atoms with Crippen LogP contribution in [0.4, 0.5) is 5.69 Å². The molecule has 21 heavy (non-hydrogen) atoms. The Kier molecular flexibility index (Phi) is 5.05. The number of aromatic carboxylic acids is 1. The molecule has 2 N–H and O–H groups in total. The molecule has 1 amide bonds. The van der Waals surface area contributed by atoms with Crippen molar-refractivity contribution in [3.8, 4) is 0 Å². The summed E-state index contributed by atoms with van der Waals surface area (Å²) in [4.78, 5) is 26.5. The van der Waals surface area contributed by atoms with Crippen molar-refractivity contribution in [3.05, 3.63) is 45.9 Å². The third-order valence-corrected chi connectivity index (χ3v) is 3.79. The average molecular weight is 304 g/mol. The molecule has 0 atom stereocenters. The first-order valence-electron chi connectivity index (χ1n) is 6.69. The van der Waals surface area contributed by atoms with Crippen LogP contribution in [-0.2, 0) is 6.42 Å². The van der Waals surface area contributed by atoms with E-state index in [1.165, 1.54) is 10.9 Å². The van der Waals surface area contributed by atoms with E-state index < -0.39 is 11.9 Å². The van der Waals surface area contributed by atoms with Crippen LogP contribution in [0.5, 0.6) is 0 Å². The van der Waals surface area contributed by atoms with Gasteiger partial charge in [0.2, 0.25) is 0 Å². The summed E-state index contributed by atoms with van der Waals surface area (Å²) in [5.41, 5.74) is 1.80. The highest BCUT2D eigenvalue weighted by molar-refractivity contribution is 7.12. The Bertz CT molecular complexity index is 635. The Labute approximate surface area is 126 Å². The maximum Gasteiger partial charge on any atom is 0.355 e. The van der Waals surface area contributed by atoms with Crippen molar-refractivity contribution in [1.82, 2.24) is 4.98 Å². The van der Waals surface area contributed by atoms with Crippen LogP contribution in [0, 0.1) is 0 Å². The van der Waals surface area contributed by atoms with Gasteiger partial charge in [0.25, 0.3) is 5.91 Å². The number of unbranched alkanes of at least 4 members (excludes halogenated alkanes) is 1. The first-order chi connectivity index (χ1) is 10.1. The van der Waals surface area contributed by atoms with Gasteiger partial charge in [0, 0.05) is 11.1 Å². The lowest BCUT2D eigenvalue weighted by Crippen LogP contribution is -2.12. The number of amides is 1. The summed E-state index contributed by atoms with van der Waals surface area (Å²) in [6.07, 6.45) is 3.32. The number of carbonyl (C=O) groups is 2. The number of aryl methyl sites for hydroxylation is 1. The van der Waals surface area contributed by atoms with Crippen LogP contribution in [-0.4, -0.2) is 22.0 Å². The molecule has 0 aliphatic rings. The minimum atomic E-state index is -1.13. The Balaban J connectivity index is 2.00. The topological polar surface area (TPSA) is 79.3 Å². The van der Waals surface area contributed by atoms with Crippen molar-refractivity contribution in [1.29, 1.82) is 0 Å². The quantitative estimate of drug-likeness (QED) is 0.857. The van der Waals surface area contributed by atoms with Crippen LogP contribution in [0.15, 0.2) is 29.6 Å². The predicted octanol–water partition coefficient (Wildman–Crippen LogP) is 3.44. The molecular formula is C15H16N2O3S. The number of aromatic nitrogens is 1. The molecule has 0 aliphatic carbocycles. The van der Waals surface area contributed by atoms with Gasteiger partial charge in [-0.25, -0.2) is 9.78 Å². The van der Waals surface area contributed by atoms with E-state index in [4.69, 9.17) is 5.11 Å². The summed E-state index contributed by atoms with van der Waals surface area (Å²) in [5, 5.41) is 13.0. The largest absolute Gasteiger partial charge is 0.476 e. The van der Waals surface area contributed by atoms with E-state index in [0.29, 0.717) is 5.69 Å². The molecule has 110 valence electrons. The highest BCUT2D eigenvalue weighted by Crippen LogP contribution is 2.15. The number of nitrogens with zero attached hydrogens (tertiary/aromatic N) is 1. The molecule has 0 fully saturated rings. The molecule has 0 spiro atoms. The normalized spacial score (nSPS) is 10.3. The maximum atomic E-state index is 12.0. The smallest absolute Gasteiger partial charge is 0.355 e. The maximum absolute atomic E-state index is 12.0. The highest BCUT2D eigenvalue weighted by atomic mass is 32.1. The zero-order valence-electron chi connectivity index (χ0n) is 11.6. The van der Waals surface area contributed by atoms with Crippen molar-refractivity contribution in [2.45, 2.75) is 26.2 Å². The summed E-state index contributed by atoms with van der Waals surface area (Å²) < 4.78 is 0. The van der Waals surface area contributed by atoms with Crippen molar-refractivity contribution < 1.29 is 14.7 Å². The SMILES string of the molecule is CCCCc1ccc(NC(=O)c2nc(C(=O)O)cs2)cc1. The fourth-order valence-electron chi connectivity index (χ4n) is 1.80. The number of carboxylic acid groups (broad SMARTS) is 1. The molecular weight excluding hydrogens is 288 g/mol. The fraction of sp³-hybridized carbons (Fsp3) is 0.267. The average Bonchev–Trinajstić information content (AvgIpc) is 2.97. The summed E-state index contributed by atoms with van der Waals surface area (Å²) in [7, 11) is 0. The zero-order chi connectivity index (χ0) is 15.2. The highest BCUT2D eigenvalue weighted by Gasteiger charge is 2.14. The standard InChI is InChI=1S/C15H16N2O3S/c1-2-3-4-10-5-7-11(8-6-10)16-13(18)14-17-12(9-21-14)15(19)20/h5-9H,2-4H2,1H3,(H,16,18)(H,19,20). The van der Waals surface area contributed by atoms with Crippen molar-refractivity contribution in [3.63, 3.8) is 0 Å². The molecule has 0 aliphatic heterocycles. The number of nitrogens with one attached hydrogen (secondary N) is 1. The summed E-state index contributed by atoms with van der Waals surface area (Å²) in [5.74, 6) is -1.53. The second-order valence-corrected chi connectivity index (χ2v) is 5.46. The molecule has 0 unspecified atom stereocenters. The van der Waals surface area contributed by atoms with Crippen LogP contribution in [0.2, 0.25) is 0 Å². The van der Waals surface area contributed by atoms with Crippen LogP contribution < -0.4 is 5.32 Å². The number of benzene rings is 1. The Morgan fingerprint density at radius 2 is 2.00 bits per heavy atom. The van der Waals surface area contributed by atoms with Crippen LogP contribution in [0.1, 0.15) is 45.6 Å². The van der Waals surface area contributed by atoms with Crippen molar-refractivity contribution in [2.24, 2.45) is 0 Å². The van der Waals surface area contributed by atoms with Crippen molar-refractivity contribution in [2.75, 3.05) is 5.32 Å². The first kappa shape index (κ1) is 15.2. The molecule has 2 aromatic rings. The van der Waals surface area contributed by atoms with Gasteiger partial charge in [-0.1, -0.05) is 25.5 Å². The number of anilines is 1. The zero-order valence-corrected chi connectivity index (χ0v) is 12.4. The van der Waals surface area contributed by atoms with E-state index in [2.05, 4.69) is 17.2 Å². The third-order valence-electron chi connectivity index (χ3n) is 2.95. The van der Waals surface area contributed by atoms with Gasteiger partial charge in [-0.15, -0.1) is 11.3 Å². The number of rotatable bonds is 6. The Morgan fingerprint density at radius 1 is 1.29 bits per heavy atom. The fourth-order valence-corrected chi connectivity index (χ4v) is 2.48. The van der Waals surface area contributed by atoms with E-state index in [0.717, 1.165) is 30.6 Å². The van der Waals surface area contributed by atoms with Gasteiger partial charge in [-0.2, -0.15) is 0 Å². The summed E-state index contributed by atoms with van der Waals surface area (Å²) in [6, 6.07) is 7.65. The van der Waals surface area contributed by atoms with Crippen LogP contribution in [0.3, 0.4) is 0 Å². The lowest BCUT2D eigenvalue weighted by Gasteiger charge is -2.05. The van der Waals surface area contributed by atoms with Gasteiger partial charge >= 0.3 is 5.97 Å². The second-order valence-electron chi connectivity index (χ2n) is 4.60. The van der Waals surface area contributed by atoms with E-state index in [1.807, 2.05) is 24.3 Å². The molecule has 0 radical (unpaired) electrons. The minimum absolute atomic E-state index is 0.111. The van der Waals surface area contributed by atoms with E-state index in [1.54, 1.807) is 0 Å². The summed E-state index contributed by atoms with van der Waals surface area (Å²) >= 11 is 1.02. The number of carboxylic acids is 1. The molecule has 1 aromatic heterocycles. The number of hydrogen-bond donors (Lipinski definition) is 2. The molecule has 2 rings (SSSR count). The predicted molar refractivity (Wildman–Crippen MR) is 82.1 cm³/mol. The monoisotopic (exact) mass is 304 g/mol. The van der Waals surface area contributed by atoms with Gasteiger partial charge < -0.3 is 10.4 Å². The molecule has 0 saturated heterocycles. The van der Waals surface area contributed by atoms with Crippen molar-refractivity contribution >= 4 is 28.9 Å². The van der Waals surface area contributed by atoms with Gasteiger partial charge in [-0.05, 0) is 30.5 Å². The second kappa shape index (κ2) is 6.99. The van der Waals surface area contributed by atoms with Gasteiger partial charge in [0.15, 0.2) is 10.7 Å². The van der Waals surface area contributed by atoms with Crippen LogP contribution in [0.25, 0.3) is 0 Å². The Hall–Kier alpha value is -2.21. The molecule has 0 saturated carbocycles. The first-order valence-corrected chi connectivity index (χ1v) is 7.57. The minimum Gasteiger partial charge on any atom is -0.476 e. The molecule has 1 aromatic carbocycles. The molecule has 0 bridgehead atoms. The molecule has 1 heterocycles. The lowest BCUT2D eigenvalue weighted by atomic mass is 10.1. The molecule has 6 heteroatoms. The van der Waals surface area contributed by atoms with Crippen LogP contribution >= 0.6 is 11.3 Å². The van der Waals surface area contributed by atoms with Gasteiger partial charge in [-0.3, -0.25) is 4.79 Å². The van der Waals surface area contributed by atoms with E-state index in [9.17, 15) is 9.59 Å². The number of thiazole rings is 1. The van der Waals surface area contributed by atoms with E-state index in [-0.39, 0.29) is 10.7 Å². The van der Waals surface area contributed by atoms with E-state index >= 15 is 0 Å². The lowest BCUT2D eigenvalue weighted by molar-refractivity contribution is 0.0691. The Morgan fingerprint density at radius 3 is 2.57 bits per heavy atom.